The average Bonchev–Trinajstić information content (AvgIpc) is 3.03. The Labute approximate surface area is 149 Å². The maximum absolute atomic E-state index is 13.0. The Bertz CT molecular complexity index is 583. The van der Waals surface area contributed by atoms with E-state index < -0.39 is 17.7 Å². The van der Waals surface area contributed by atoms with Crippen molar-refractivity contribution in [2.75, 3.05) is 19.7 Å². The van der Waals surface area contributed by atoms with Crippen molar-refractivity contribution in [1.29, 1.82) is 0 Å². The van der Waals surface area contributed by atoms with E-state index >= 15 is 0 Å². The van der Waals surface area contributed by atoms with Gasteiger partial charge in [0.15, 0.2) is 0 Å². The molecule has 25 heavy (non-hydrogen) atoms. The first-order valence-electron chi connectivity index (χ1n) is 8.75. The van der Waals surface area contributed by atoms with Crippen LogP contribution in [0.15, 0.2) is 30.3 Å². The molecule has 1 aromatic carbocycles. The number of rotatable bonds is 5. The van der Waals surface area contributed by atoms with Gasteiger partial charge >= 0.3 is 6.09 Å². The van der Waals surface area contributed by atoms with E-state index in [-0.39, 0.29) is 19.1 Å². The molecular weight excluding hydrogens is 320 g/mol. The Morgan fingerprint density at radius 1 is 1.28 bits per heavy atom. The average molecular weight is 348 g/mol. The van der Waals surface area contributed by atoms with Crippen LogP contribution < -0.4 is 0 Å². The molecule has 0 bridgehead atoms. The Hall–Kier alpha value is -2.08. The maximum atomic E-state index is 13.0. The van der Waals surface area contributed by atoms with Crippen LogP contribution in [0.3, 0.4) is 0 Å². The molecule has 1 aliphatic rings. The number of carbonyl (C=O) groups is 2. The molecule has 1 N–H and O–H groups in total. The summed E-state index contributed by atoms with van der Waals surface area (Å²) in [4.78, 5) is 28.5. The molecule has 0 saturated carbocycles. The lowest BCUT2D eigenvalue weighted by molar-refractivity contribution is -0.137. The van der Waals surface area contributed by atoms with Crippen LogP contribution in [-0.4, -0.2) is 58.2 Å². The van der Waals surface area contributed by atoms with Gasteiger partial charge in [0.25, 0.3) is 0 Å². The molecule has 0 aromatic heterocycles. The fourth-order valence-electron chi connectivity index (χ4n) is 2.96. The van der Waals surface area contributed by atoms with Crippen molar-refractivity contribution < 1.29 is 19.4 Å². The molecule has 1 atom stereocenters. The van der Waals surface area contributed by atoms with Crippen molar-refractivity contribution in [3.05, 3.63) is 35.9 Å². The number of hydrogen-bond acceptors (Lipinski definition) is 4. The molecular formula is C19H28N2O4. The zero-order valence-corrected chi connectivity index (χ0v) is 15.3. The number of aliphatic hydroxyl groups excluding tert-OH is 1. The first-order valence-corrected chi connectivity index (χ1v) is 8.75. The number of benzene rings is 1. The molecule has 1 saturated heterocycles. The first kappa shape index (κ1) is 19.2. The summed E-state index contributed by atoms with van der Waals surface area (Å²) in [5, 5.41) is 9.34. The second kappa shape index (κ2) is 8.34. The van der Waals surface area contributed by atoms with Crippen LogP contribution in [0.1, 0.15) is 39.2 Å². The monoisotopic (exact) mass is 348 g/mol. The predicted octanol–water partition coefficient (Wildman–Crippen LogP) is 2.41. The van der Waals surface area contributed by atoms with E-state index in [9.17, 15) is 14.7 Å². The van der Waals surface area contributed by atoms with Gasteiger partial charge in [0.05, 0.1) is 6.61 Å². The molecule has 1 aliphatic heterocycles. The lowest BCUT2D eigenvalue weighted by Crippen LogP contribution is -2.49. The Balaban J connectivity index is 2.10. The lowest BCUT2D eigenvalue weighted by atomic mass is 10.1. The van der Waals surface area contributed by atoms with E-state index in [0.29, 0.717) is 19.5 Å². The number of likely N-dealkylation sites (tertiary alicyclic amines) is 1. The number of nitrogens with zero attached hydrogens (tertiary/aromatic N) is 2. The van der Waals surface area contributed by atoms with E-state index in [1.165, 1.54) is 4.90 Å². The van der Waals surface area contributed by atoms with E-state index in [0.717, 1.165) is 12.0 Å². The van der Waals surface area contributed by atoms with Crippen LogP contribution >= 0.6 is 0 Å². The van der Waals surface area contributed by atoms with Gasteiger partial charge in [-0.3, -0.25) is 9.69 Å². The third-order valence-electron chi connectivity index (χ3n) is 4.06. The Kier molecular flexibility index (Phi) is 6.42. The molecule has 1 aromatic rings. The van der Waals surface area contributed by atoms with Crippen LogP contribution in [0.25, 0.3) is 0 Å². The van der Waals surface area contributed by atoms with E-state index in [2.05, 4.69) is 0 Å². The fraction of sp³-hybridized carbons (Fsp3) is 0.579. The maximum Gasteiger partial charge on any atom is 0.410 e. The SMILES string of the molecule is CC(C)(C)OC(=O)N1CCCC1C(=O)N(CCO)Cc1ccccc1. The van der Waals surface area contributed by atoms with Crippen LogP contribution in [0.5, 0.6) is 0 Å². The molecule has 1 unspecified atom stereocenters. The molecule has 1 fully saturated rings. The molecule has 2 amide bonds. The van der Waals surface area contributed by atoms with Gasteiger partial charge in [-0.1, -0.05) is 30.3 Å². The van der Waals surface area contributed by atoms with E-state index in [1.807, 2.05) is 51.1 Å². The highest BCUT2D eigenvalue weighted by Gasteiger charge is 2.38. The predicted molar refractivity (Wildman–Crippen MR) is 94.9 cm³/mol. The van der Waals surface area contributed by atoms with E-state index in [1.54, 1.807) is 4.90 Å². The highest BCUT2D eigenvalue weighted by atomic mass is 16.6. The minimum Gasteiger partial charge on any atom is -0.444 e. The van der Waals surface area contributed by atoms with Crippen molar-refractivity contribution in [2.24, 2.45) is 0 Å². The Morgan fingerprint density at radius 2 is 1.96 bits per heavy atom. The van der Waals surface area contributed by atoms with Crippen LogP contribution in [0.2, 0.25) is 0 Å². The number of carbonyl (C=O) groups excluding carboxylic acids is 2. The highest BCUT2D eigenvalue weighted by Crippen LogP contribution is 2.23. The second-order valence-electron chi connectivity index (χ2n) is 7.30. The van der Waals surface area contributed by atoms with Crippen molar-refractivity contribution in [3.8, 4) is 0 Å². The summed E-state index contributed by atoms with van der Waals surface area (Å²) < 4.78 is 5.43. The summed E-state index contributed by atoms with van der Waals surface area (Å²) in [7, 11) is 0. The van der Waals surface area contributed by atoms with Gasteiger partial charge in [0.1, 0.15) is 11.6 Å². The summed E-state index contributed by atoms with van der Waals surface area (Å²) >= 11 is 0. The summed E-state index contributed by atoms with van der Waals surface area (Å²) in [5.41, 5.74) is 0.397. The van der Waals surface area contributed by atoms with Crippen molar-refractivity contribution in [3.63, 3.8) is 0 Å². The van der Waals surface area contributed by atoms with Gasteiger partial charge in [0.2, 0.25) is 5.91 Å². The number of hydrogen-bond donors (Lipinski definition) is 1. The molecule has 1 heterocycles. The first-order chi connectivity index (χ1) is 11.8. The van der Waals surface area contributed by atoms with Crippen LogP contribution in [0, 0.1) is 0 Å². The Morgan fingerprint density at radius 3 is 2.56 bits per heavy atom. The lowest BCUT2D eigenvalue weighted by Gasteiger charge is -2.31. The topological polar surface area (TPSA) is 70.1 Å². The zero-order chi connectivity index (χ0) is 18.4. The quantitative estimate of drug-likeness (QED) is 0.887. The van der Waals surface area contributed by atoms with Crippen LogP contribution in [0.4, 0.5) is 4.79 Å². The molecule has 138 valence electrons. The van der Waals surface area contributed by atoms with Crippen molar-refractivity contribution >= 4 is 12.0 Å². The van der Waals surface area contributed by atoms with Gasteiger partial charge in [-0.05, 0) is 39.2 Å². The third-order valence-corrected chi connectivity index (χ3v) is 4.06. The van der Waals surface area contributed by atoms with Gasteiger partial charge in [-0.25, -0.2) is 4.79 Å². The van der Waals surface area contributed by atoms with Gasteiger partial charge in [-0.15, -0.1) is 0 Å². The minimum atomic E-state index is -0.595. The minimum absolute atomic E-state index is 0.113. The van der Waals surface area contributed by atoms with Crippen molar-refractivity contribution in [1.82, 2.24) is 9.80 Å². The van der Waals surface area contributed by atoms with Crippen LogP contribution in [-0.2, 0) is 16.1 Å². The van der Waals surface area contributed by atoms with Gasteiger partial charge in [0, 0.05) is 19.6 Å². The third kappa shape index (κ3) is 5.46. The summed E-state index contributed by atoms with van der Waals surface area (Å²) in [6.45, 7) is 6.49. The van der Waals surface area contributed by atoms with Gasteiger partial charge < -0.3 is 14.7 Å². The van der Waals surface area contributed by atoms with E-state index in [4.69, 9.17) is 4.74 Å². The summed E-state index contributed by atoms with van der Waals surface area (Å²) in [6.07, 6.45) is 0.940. The molecule has 0 spiro atoms. The molecule has 0 aliphatic carbocycles. The highest BCUT2D eigenvalue weighted by molar-refractivity contribution is 5.86. The number of ether oxygens (including phenoxy) is 1. The second-order valence-corrected chi connectivity index (χ2v) is 7.30. The summed E-state index contributed by atoms with van der Waals surface area (Å²) in [5.74, 6) is -0.138. The fourth-order valence-corrected chi connectivity index (χ4v) is 2.96. The molecule has 6 heteroatoms. The summed E-state index contributed by atoms with van der Waals surface area (Å²) in [6, 6.07) is 9.11. The number of amides is 2. The van der Waals surface area contributed by atoms with Crippen molar-refractivity contribution in [2.45, 2.75) is 51.8 Å². The smallest absolute Gasteiger partial charge is 0.410 e. The number of aliphatic hydroxyl groups is 1. The van der Waals surface area contributed by atoms with Gasteiger partial charge in [-0.2, -0.15) is 0 Å². The molecule has 0 radical (unpaired) electrons. The standard InChI is InChI=1S/C19H28N2O4/c1-19(2,3)25-18(24)21-11-7-10-16(21)17(23)20(12-13-22)14-15-8-5-4-6-9-15/h4-6,8-9,16,22H,7,10-14H2,1-3H3. The largest absolute Gasteiger partial charge is 0.444 e. The zero-order valence-electron chi connectivity index (χ0n) is 15.3. The normalized spacial score (nSPS) is 17.4. The molecule has 6 nitrogen and oxygen atoms in total. The molecule has 2 rings (SSSR count).